The molecule has 0 aliphatic carbocycles. The summed E-state index contributed by atoms with van der Waals surface area (Å²) in [7, 11) is -0.617. The Bertz CT molecular complexity index is 774. The van der Waals surface area contributed by atoms with Crippen molar-refractivity contribution in [2.45, 2.75) is 12.5 Å². The molecule has 1 heterocycles. The summed E-state index contributed by atoms with van der Waals surface area (Å²) in [4.78, 5) is 0. The lowest BCUT2D eigenvalue weighted by Crippen LogP contribution is -2.41. The Morgan fingerprint density at radius 1 is 0.682 bits per heavy atom. The molecule has 3 aromatic carbocycles. The van der Waals surface area contributed by atoms with Gasteiger partial charge in [-0.1, -0.05) is 78.9 Å². The summed E-state index contributed by atoms with van der Waals surface area (Å²) >= 11 is 0. The molecule has 3 aromatic rings. The summed E-state index contributed by atoms with van der Waals surface area (Å²) < 4.78 is 0. The third-order valence-corrected chi connectivity index (χ3v) is 6.91. The van der Waals surface area contributed by atoms with Gasteiger partial charge in [0.15, 0.2) is 0 Å². The normalized spacial score (nSPS) is 22.7. The van der Waals surface area contributed by atoms with Crippen LogP contribution in [0.4, 0.5) is 0 Å². The Morgan fingerprint density at radius 2 is 1.14 bits per heavy atom. The molecule has 0 spiro atoms. The van der Waals surface area contributed by atoms with Gasteiger partial charge < -0.3 is 5.11 Å². The first kappa shape index (κ1) is 13.7. The van der Waals surface area contributed by atoms with Gasteiger partial charge in [-0.2, -0.15) is 0 Å². The average molecular weight is 304 g/mol. The number of aliphatic hydroxyl groups is 1. The van der Waals surface area contributed by atoms with Crippen molar-refractivity contribution in [3.8, 4) is 0 Å². The van der Waals surface area contributed by atoms with Gasteiger partial charge in [0, 0.05) is 0 Å². The van der Waals surface area contributed by atoms with E-state index in [0.29, 0.717) is 0 Å². The van der Waals surface area contributed by atoms with E-state index in [1.54, 1.807) is 0 Å². The highest BCUT2D eigenvalue weighted by atomic mass is 31.1. The minimum absolute atomic E-state index is 0.617. The van der Waals surface area contributed by atoms with Crippen molar-refractivity contribution in [3.63, 3.8) is 0 Å². The lowest BCUT2D eigenvalue weighted by molar-refractivity contribution is 0.104. The number of hydrogen-bond acceptors (Lipinski definition) is 1. The fourth-order valence-electron chi connectivity index (χ4n) is 3.29. The predicted molar refractivity (Wildman–Crippen MR) is 93.8 cm³/mol. The summed E-state index contributed by atoms with van der Waals surface area (Å²) in [5.74, 6) is 0. The summed E-state index contributed by atoms with van der Waals surface area (Å²) in [6, 6.07) is 27.2. The standard InChI is InChI=1S/C20H17OP/c1-20(21)16-11-5-7-13-18(16)22(15-9-3-2-4-10-15)19-14-8-6-12-17(19)20/h2-14,21H,1H3. The zero-order valence-electron chi connectivity index (χ0n) is 12.4. The maximum atomic E-state index is 11.2. The minimum atomic E-state index is -0.930. The topological polar surface area (TPSA) is 20.2 Å². The Balaban J connectivity index is 2.05. The third kappa shape index (κ3) is 1.94. The SMILES string of the molecule is CC1(O)c2ccccc2P(c2ccccc2)c2ccccc21. The summed E-state index contributed by atoms with van der Waals surface area (Å²) in [6.07, 6.45) is 0. The van der Waals surface area contributed by atoms with E-state index in [0.717, 1.165) is 11.1 Å². The van der Waals surface area contributed by atoms with Gasteiger partial charge >= 0.3 is 0 Å². The van der Waals surface area contributed by atoms with Crippen molar-refractivity contribution in [1.29, 1.82) is 0 Å². The highest BCUT2D eigenvalue weighted by Crippen LogP contribution is 2.45. The second-order valence-electron chi connectivity index (χ2n) is 5.78. The van der Waals surface area contributed by atoms with Gasteiger partial charge in [-0.25, -0.2) is 0 Å². The van der Waals surface area contributed by atoms with Gasteiger partial charge in [0.05, 0.1) is 0 Å². The van der Waals surface area contributed by atoms with E-state index in [1.807, 2.05) is 19.1 Å². The van der Waals surface area contributed by atoms with Gasteiger partial charge in [-0.15, -0.1) is 0 Å². The molecule has 22 heavy (non-hydrogen) atoms. The molecule has 0 aromatic heterocycles. The second-order valence-corrected chi connectivity index (χ2v) is 7.93. The predicted octanol–water partition coefficient (Wildman–Crippen LogP) is 3.01. The smallest absolute Gasteiger partial charge is 0.113 e. The lowest BCUT2D eigenvalue weighted by Gasteiger charge is -2.38. The third-order valence-electron chi connectivity index (χ3n) is 4.35. The highest BCUT2D eigenvalue weighted by Gasteiger charge is 2.39. The van der Waals surface area contributed by atoms with Gasteiger partial charge in [-0.05, 0) is 41.9 Å². The molecule has 0 atom stereocenters. The van der Waals surface area contributed by atoms with E-state index in [4.69, 9.17) is 0 Å². The molecule has 0 saturated heterocycles. The molecule has 0 unspecified atom stereocenters. The van der Waals surface area contributed by atoms with Crippen LogP contribution < -0.4 is 15.9 Å². The molecule has 108 valence electrons. The number of fused-ring (bicyclic) bond motifs is 2. The highest BCUT2D eigenvalue weighted by molar-refractivity contribution is 7.80. The van der Waals surface area contributed by atoms with Crippen LogP contribution in [0.3, 0.4) is 0 Å². The molecule has 2 heteroatoms. The summed E-state index contributed by atoms with van der Waals surface area (Å²) in [5.41, 5.74) is 1.13. The fraction of sp³-hybridized carbons (Fsp3) is 0.100. The maximum absolute atomic E-state index is 11.2. The number of hydrogen-bond donors (Lipinski definition) is 1. The van der Waals surface area contributed by atoms with Gasteiger partial charge in [0.2, 0.25) is 0 Å². The van der Waals surface area contributed by atoms with Crippen LogP contribution in [0.25, 0.3) is 0 Å². The Kier molecular flexibility index (Phi) is 3.14. The molecule has 0 fully saturated rings. The van der Waals surface area contributed by atoms with Gasteiger partial charge in [0.25, 0.3) is 0 Å². The molecule has 0 amide bonds. The van der Waals surface area contributed by atoms with E-state index in [-0.39, 0.29) is 0 Å². The zero-order valence-corrected chi connectivity index (χ0v) is 13.3. The van der Waals surface area contributed by atoms with Crippen molar-refractivity contribution in [3.05, 3.63) is 90.0 Å². The molecule has 1 aliphatic heterocycles. The molecule has 0 bridgehead atoms. The van der Waals surface area contributed by atoms with E-state index in [9.17, 15) is 5.11 Å². The van der Waals surface area contributed by atoms with Crippen molar-refractivity contribution < 1.29 is 5.11 Å². The van der Waals surface area contributed by atoms with Crippen molar-refractivity contribution >= 4 is 23.8 Å². The van der Waals surface area contributed by atoms with Crippen molar-refractivity contribution in [1.82, 2.24) is 0 Å². The number of rotatable bonds is 1. The van der Waals surface area contributed by atoms with Crippen LogP contribution >= 0.6 is 7.92 Å². The minimum Gasteiger partial charge on any atom is -0.381 e. The summed E-state index contributed by atoms with van der Waals surface area (Å²) in [5, 5.41) is 15.0. The van der Waals surface area contributed by atoms with Crippen molar-refractivity contribution in [2.24, 2.45) is 0 Å². The van der Waals surface area contributed by atoms with E-state index in [1.165, 1.54) is 15.9 Å². The first-order chi connectivity index (χ1) is 10.7. The quantitative estimate of drug-likeness (QED) is 0.685. The monoisotopic (exact) mass is 304 g/mol. The zero-order chi connectivity index (χ0) is 15.2. The largest absolute Gasteiger partial charge is 0.381 e. The van der Waals surface area contributed by atoms with E-state index < -0.39 is 13.5 Å². The molecule has 1 N–H and O–H groups in total. The molecule has 0 radical (unpaired) electrons. The molecule has 1 aliphatic rings. The maximum Gasteiger partial charge on any atom is 0.113 e. The Morgan fingerprint density at radius 3 is 1.68 bits per heavy atom. The fourth-order valence-corrected chi connectivity index (χ4v) is 6.11. The molecule has 1 nitrogen and oxygen atoms in total. The lowest BCUT2D eigenvalue weighted by atomic mass is 9.87. The van der Waals surface area contributed by atoms with Crippen LogP contribution in [0.2, 0.25) is 0 Å². The van der Waals surface area contributed by atoms with Crippen LogP contribution in [-0.4, -0.2) is 5.11 Å². The number of benzene rings is 3. The Labute approximate surface area is 132 Å². The molecule has 4 rings (SSSR count). The molecular formula is C20H17OP. The Hall–Kier alpha value is -1.95. The first-order valence-corrected chi connectivity index (χ1v) is 8.80. The van der Waals surface area contributed by atoms with Crippen LogP contribution in [0.15, 0.2) is 78.9 Å². The second kappa shape index (κ2) is 5.05. The van der Waals surface area contributed by atoms with E-state index >= 15 is 0 Å². The van der Waals surface area contributed by atoms with Crippen LogP contribution in [-0.2, 0) is 5.60 Å². The van der Waals surface area contributed by atoms with Crippen LogP contribution in [0.1, 0.15) is 18.1 Å². The van der Waals surface area contributed by atoms with Crippen molar-refractivity contribution in [2.75, 3.05) is 0 Å². The molecule has 0 saturated carbocycles. The van der Waals surface area contributed by atoms with Crippen LogP contribution in [0.5, 0.6) is 0 Å². The molecular weight excluding hydrogens is 287 g/mol. The first-order valence-electron chi connectivity index (χ1n) is 7.46. The van der Waals surface area contributed by atoms with E-state index in [2.05, 4.69) is 66.7 Å². The summed E-state index contributed by atoms with van der Waals surface area (Å²) in [6.45, 7) is 1.91. The van der Waals surface area contributed by atoms with Gasteiger partial charge in [-0.3, -0.25) is 0 Å². The van der Waals surface area contributed by atoms with Crippen LogP contribution in [0, 0.1) is 0 Å². The average Bonchev–Trinajstić information content (AvgIpc) is 2.56. The van der Waals surface area contributed by atoms with Gasteiger partial charge in [0.1, 0.15) is 5.60 Å².